The quantitative estimate of drug-likeness (QED) is 0.908. The summed E-state index contributed by atoms with van der Waals surface area (Å²) in [6.45, 7) is 2.10. The van der Waals surface area contributed by atoms with Crippen LogP contribution in [-0.4, -0.2) is 30.9 Å². The number of aliphatic hydroxyl groups is 1. The van der Waals surface area contributed by atoms with Gasteiger partial charge in [-0.3, -0.25) is 0 Å². The zero-order valence-electron chi connectivity index (χ0n) is 12.1. The molecule has 0 radical (unpaired) electrons. The number of thiophene rings is 1. The van der Waals surface area contributed by atoms with E-state index in [1.54, 1.807) is 19.2 Å². The summed E-state index contributed by atoms with van der Waals surface area (Å²) in [6.07, 6.45) is 5.33. The van der Waals surface area contributed by atoms with Gasteiger partial charge in [0.25, 0.3) is 10.0 Å². The van der Waals surface area contributed by atoms with Gasteiger partial charge in [-0.15, -0.1) is 11.3 Å². The van der Waals surface area contributed by atoms with E-state index in [-0.39, 0.29) is 12.6 Å². The monoisotopic (exact) mass is 317 g/mol. The maximum absolute atomic E-state index is 12.6. The van der Waals surface area contributed by atoms with Crippen LogP contribution in [0.3, 0.4) is 0 Å². The summed E-state index contributed by atoms with van der Waals surface area (Å²) in [7, 11) is -1.73. The van der Waals surface area contributed by atoms with Crippen molar-refractivity contribution in [3.63, 3.8) is 0 Å². The maximum atomic E-state index is 12.6. The van der Waals surface area contributed by atoms with Gasteiger partial charge in [-0.2, -0.15) is 4.31 Å². The van der Waals surface area contributed by atoms with Gasteiger partial charge >= 0.3 is 0 Å². The average molecular weight is 317 g/mol. The van der Waals surface area contributed by atoms with E-state index in [0.717, 1.165) is 42.9 Å². The van der Waals surface area contributed by atoms with Crippen LogP contribution in [0.4, 0.5) is 0 Å². The van der Waals surface area contributed by atoms with Crippen molar-refractivity contribution in [1.29, 1.82) is 0 Å². The van der Waals surface area contributed by atoms with Crippen molar-refractivity contribution < 1.29 is 13.5 Å². The molecule has 1 aliphatic rings. The normalized spacial score (nSPS) is 24.2. The molecular weight excluding hydrogens is 294 g/mol. The zero-order valence-corrected chi connectivity index (χ0v) is 13.7. The predicted octanol–water partition coefficient (Wildman–Crippen LogP) is 2.83. The molecule has 0 aromatic carbocycles. The summed E-state index contributed by atoms with van der Waals surface area (Å²) < 4.78 is 27.0. The molecule has 1 aliphatic carbocycles. The zero-order chi connectivity index (χ0) is 14.8. The smallest absolute Gasteiger partial charge is 0.252 e. The van der Waals surface area contributed by atoms with Gasteiger partial charge in [0, 0.05) is 18.0 Å². The minimum Gasteiger partial charge on any atom is -0.391 e. The van der Waals surface area contributed by atoms with E-state index in [4.69, 9.17) is 5.11 Å². The Balaban J connectivity index is 2.09. The first-order valence-electron chi connectivity index (χ1n) is 7.16. The highest BCUT2D eigenvalue weighted by atomic mass is 32.2. The van der Waals surface area contributed by atoms with E-state index in [1.807, 2.05) is 0 Å². The molecule has 0 atom stereocenters. The second-order valence-corrected chi connectivity index (χ2v) is 8.88. The molecule has 4 nitrogen and oxygen atoms in total. The van der Waals surface area contributed by atoms with E-state index in [0.29, 0.717) is 9.09 Å². The van der Waals surface area contributed by atoms with Gasteiger partial charge in [-0.05, 0) is 43.7 Å². The fourth-order valence-corrected chi connectivity index (χ4v) is 5.65. The number of rotatable bonds is 5. The molecule has 1 fully saturated rings. The minimum absolute atomic E-state index is 0.106. The molecule has 0 spiro atoms. The molecule has 1 aromatic rings. The van der Waals surface area contributed by atoms with Gasteiger partial charge in [0.05, 0.1) is 6.61 Å². The lowest BCUT2D eigenvalue weighted by molar-refractivity contribution is 0.233. The Labute approximate surface area is 125 Å². The summed E-state index contributed by atoms with van der Waals surface area (Å²) in [6, 6.07) is 3.39. The lowest BCUT2D eigenvalue weighted by Gasteiger charge is -2.33. The third-order valence-electron chi connectivity index (χ3n) is 4.33. The molecule has 0 saturated heterocycles. The second-order valence-electron chi connectivity index (χ2n) is 5.48. The van der Waals surface area contributed by atoms with Gasteiger partial charge in [-0.25, -0.2) is 8.42 Å². The van der Waals surface area contributed by atoms with Crippen molar-refractivity contribution in [1.82, 2.24) is 4.31 Å². The standard InChI is InChI=1S/C14H23NO3S2/c1-3-11-4-6-12(7-5-11)15(2)20(17,18)14-9-8-13(10-16)19-14/h8-9,11-12,16H,3-7,10H2,1-2H3. The van der Waals surface area contributed by atoms with Gasteiger partial charge in [0.2, 0.25) is 0 Å². The molecule has 1 aromatic heterocycles. The van der Waals surface area contributed by atoms with E-state index < -0.39 is 10.0 Å². The molecule has 0 unspecified atom stereocenters. The Morgan fingerprint density at radius 1 is 1.30 bits per heavy atom. The van der Waals surface area contributed by atoms with Crippen LogP contribution in [0.2, 0.25) is 0 Å². The first-order chi connectivity index (χ1) is 9.48. The summed E-state index contributed by atoms with van der Waals surface area (Å²) in [5.74, 6) is 0.755. The van der Waals surface area contributed by atoms with Crippen molar-refractivity contribution in [2.45, 2.75) is 55.9 Å². The van der Waals surface area contributed by atoms with Crippen LogP contribution in [-0.2, 0) is 16.6 Å². The summed E-state index contributed by atoms with van der Waals surface area (Å²) in [4.78, 5) is 0.687. The molecule has 1 N–H and O–H groups in total. The summed E-state index contributed by atoms with van der Waals surface area (Å²) >= 11 is 1.16. The van der Waals surface area contributed by atoms with Crippen molar-refractivity contribution in [2.75, 3.05) is 7.05 Å². The van der Waals surface area contributed by atoms with Crippen molar-refractivity contribution in [3.8, 4) is 0 Å². The molecule has 0 amide bonds. The summed E-state index contributed by atoms with van der Waals surface area (Å²) in [5.41, 5.74) is 0. The highest BCUT2D eigenvalue weighted by molar-refractivity contribution is 7.91. The summed E-state index contributed by atoms with van der Waals surface area (Å²) in [5, 5.41) is 9.06. The van der Waals surface area contributed by atoms with Crippen LogP contribution in [0.25, 0.3) is 0 Å². The minimum atomic E-state index is -3.41. The van der Waals surface area contributed by atoms with Gasteiger partial charge in [-0.1, -0.05) is 13.3 Å². The number of hydrogen-bond acceptors (Lipinski definition) is 4. The molecule has 0 bridgehead atoms. The molecule has 2 rings (SSSR count). The number of hydrogen-bond donors (Lipinski definition) is 1. The van der Waals surface area contributed by atoms with Crippen LogP contribution in [0.15, 0.2) is 16.3 Å². The lowest BCUT2D eigenvalue weighted by atomic mass is 9.85. The Kier molecular flexibility index (Phi) is 5.23. The number of nitrogens with zero attached hydrogens (tertiary/aromatic N) is 1. The van der Waals surface area contributed by atoms with E-state index >= 15 is 0 Å². The van der Waals surface area contributed by atoms with Crippen molar-refractivity contribution >= 4 is 21.4 Å². The Hall–Kier alpha value is -0.430. The fraction of sp³-hybridized carbons (Fsp3) is 0.714. The van der Waals surface area contributed by atoms with Crippen LogP contribution in [0.5, 0.6) is 0 Å². The third kappa shape index (κ3) is 3.24. The molecule has 1 saturated carbocycles. The highest BCUT2D eigenvalue weighted by Gasteiger charge is 2.31. The largest absolute Gasteiger partial charge is 0.391 e. The van der Waals surface area contributed by atoms with E-state index in [1.165, 1.54) is 10.7 Å². The van der Waals surface area contributed by atoms with Crippen LogP contribution in [0.1, 0.15) is 43.9 Å². The molecule has 0 aliphatic heterocycles. The first-order valence-corrected chi connectivity index (χ1v) is 9.42. The van der Waals surface area contributed by atoms with E-state index in [2.05, 4.69) is 6.92 Å². The SMILES string of the molecule is CCC1CCC(N(C)S(=O)(=O)c2ccc(CO)s2)CC1. The fourth-order valence-electron chi connectivity index (χ4n) is 2.84. The molecule has 114 valence electrons. The van der Waals surface area contributed by atoms with Crippen LogP contribution < -0.4 is 0 Å². The first kappa shape index (κ1) is 15.9. The number of aliphatic hydroxyl groups excluding tert-OH is 1. The highest BCUT2D eigenvalue weighted by Crippen LogP contribution is 2.32. The predicted molar refractivity (Wildman–Crippen MR) is 81.2 cm³/mol. The van der Waals surface area contributed by atoms with Gasteiger partial charge in [0.15, 0.2) is 0 Å². The Morgan fingerprint density at radius 2 is 1.95 bits per heavy atom. The van der Waals surface area contributed by atoms with Gasteiger partial charge < -0.3 is 5.11 Å². The maximum Gasteiger partial charge on any atom is 0.252 e. The second kappa shape index (κ2) is 6.56. The molecule has 6 heteroatoms. The lowest BCUT2D eigenvalue weighted by Crippen LogP contribution is -2.39. The Morgan fingerprint density at radius 3 is 2.45 bits per heavy atom. The van der Waals surface area contributed by atoms with Gasteiger partial charge in [0.1, 0.15) is 4.21 Å². The van der Waals surface area contributed by atoms with Crippen molar-refractivity contribution in [3.05, 3.63) is 17.0 Å². The molecule has 1 heterocycles. The topological polar surface area (TPSA) is 57.6 Å². The molecular formula is C14H23NO3S2. The third-order valence-corrected chi connectivity index (χ3v) is 7.78. The Bertz CT molecular complexity index is 530. The van der Waals surface area contributed by atoms with E-state index in [9.17, 15) is 8.42 Å². The molecule has 20 heavy (non-hydrogen) atoms. The average Bonchev–Trinajstić information content (AvgIpc) is 2.96. The number of sulfonamides is 1. The van der Waals surface area contributed by atoms with Crippen LogP contribution >= 0.6 is 11.3 Å². The van der Waals surface area contributed by atoms with Crippen LogP contribution in [0, 0.1) is 5.92 Å². The van der Waals surface area contributed by atoms with Crippen molar-refractivity contribution in [2.24, 2.45) is 5.92 Å².